The number of hydrogen-bond acceptors (Lipinski definition) is 4. The Kier molecular flexibility index (Phi) is 6.98. The number of unbranched alkanes of at least 4 members (excludes halogenated alkanes) is 1. The second-order valence-corrected chi connectivity index (χ2v) is 4.98. The van der Waals surface area contributed by atoms with E-state index in [-0.39, 0.29) is 31.3 Å². The number of H-pyrrole nitrogens is 1. The summed E-state index contributed by atoms with van der Waals surface area (Å²) in [7, 11) is 0. The summed E-state index contributed by atoms with van der Waals surface area (Å²) in [6, 6.07) is 0. The first-order valence-corrected chi connectivity index (χ1v) is 7.06. The molecule has 0 radical (unpaired) electrons. The second kappa shape index (κ2) is 8.24. The number of carbonyl (C=O) groups excluding carboxylic acids is 2. The maximum absolute atomic E-state index is 10.4. The quantitative estimate of drug-likeness (QED) is 0.657. The molecule has 0 aromatic carbocycles. The number of amides is 2. The number of nitrogens with zero attached hydrogens (tertiary/aromatic N) is 2. The number of halogens is 2. The molecule has 2 rings (SSSR count). The lowest BCUT2D eigenvalue weighted by Crippen LogP contribution is -2.16. The summed E-state index contributed by atoms with van der Waals surface area (Å²) in [6.07, 6.45) is 3.66. The van der Waals surface area contributed by atoms with Crippen molar-refractivity contribution in [3.63, 3.8) is 0 Å². The Morgan fingerprint density at radius 3 is 2.30 bits per heavy atom. The van der Waals surface area contributed by atoms with Crippen LogP contribution < -0.4 is 0 Å². The zero-order valence-electron chi connectivity index (χ0n) is 11.2. The van der Waals surface area contributed by atoms with Crippen LogP contribution in [0.1, 0.15) is 44.1 Å². The van der Waals surface area contributed by atoms with E-state index in [9.17, 15) is 9.59 Å². The molecule has 20 heavy (non-hydrogen) atoms. The van der Waals surface area contributed by atoms with Crippen LogP contribution in [0.15, 0.2) is 0 Å². The lowest BCUT2D eigenvalue weighted by Gasteiger charge is -1.96. The van der Waals surface area contributed by atoms with Crippen molar-refractivity contribution in [2.45, 2.75) is 45.6 Å². The molecule has 2 amide bonds. The lowest BCUT2D eigenvalue weighted by atomic mass is 10.2. The first-order valence-electron chi connectivity index (χ1n) is 6.35. The zero-order valence-corrected chi connectivity index (χ0v) is 12.7. The number of aromatic amines is 1. The van der Waals surface area contributed by atoms with E-state index in [0.717, 1.165) is 25.1 Å². The summed E-state index contributed by atoms with van der Waals surface area (Å²) in [5, 5.41) is 9.19. The van der Waals surface area contributed by atoms with E-state index in [1.54, 1.807) is 0 Å². The number of hydrogen-bond donors (Lipinski definition) is 2. The van der Waals surface area contributed by atoms with E-state index in [2.05, 4.69) is 16.9 Å². The molecule has 0 aliphatic carbocycles. The van der Waals surface area contributed by atoms with E-state index in [1.807, 2.05) is 0 Å². The van der Waals surface area contributed by atoms with Gasteiger partial charge in [-0.25, -0.2) is 4.98 Å². The fraction of sp³-hybridized carbons (Fsp3) is 0.583. The zero-order chi connectivity index (χ0) is 15.1. The number of imide groups is 1. The van der Waals surface area contributed by atoms with Crippen molar-refractivity contribution in [2.75, 3.05) is 0 Å². The van der Waals surface area contributed by atoms with Crippen LogP contribution in [0.3, 0.4) is 0 Å². The Morgan fingerprint density at radius 2 is 1.95 bits per heavy atom. The fourth-order valence-electron chi connectivity index (χ4n) is 1.56. The summed E-state index contributed by atoms with van der Waals surface area (Å²) < 4.78 is 0.639. The highest BCUT2D eigenvalue weighted by Gasteiger charge is 2.26. The Labute approximate surface area is 127 Å². The highest BCUT2D eigenvalue weighted by Crippen LogP contribution is 2.14. The van der Waals surface area contributed by atoms with E-state index in [0.29, 0.717) is 15.3 Å². The number of carbonyl (C=O) groups is 2. The van der Waals surface area contributed by atoms with Gasteiger partial charge in [-0.2, -0.15) is 4.42 Å². The van der Waals surface area contributed by atoms with Gasteiger partial charge in [-0.3, -0.25) is 9.59 Å². The van der Waals surface area contributed by atoms with Gasteiger partial charge in [0, 0.05) is 31.0 Å². The van der Waals surface area contributed by atoms with Gasteiger partial charge in [-0.1, -0.05) is 24.9 Å². The predicted molar refractivity (Wildman–Crippen MR) is 75.1 cm³/mol. The van der Waals surface area contributed by atoms with Crippen molar-refractivity contribution >= 4 is 35.2 Å². The molecule has 6 nitrogen and oxygen atoms in total. The number of aliphatic hydroxyl groups excluding tert-OH is 1. The standard InChI is InChI=1S/C8H13ClN2O.C4H4ClNO2/c1-2-3-4-7-10-6(5-12)8(9)11-7;5-6-3(7)1-2-4(6)8/h12H,2-5H2,1H3,(H,10,11);1-2H2. The minimum absolute atomic E-state index is 0.0715. The second-order valence-electron chi connectivity index (χ2n) is 4.28. The van der Waals surface area contributed by atoms with E-state index >= 15 is 0 Å². The molecule has 112 valence electrons. The molecular weight excluding hydrogens is 305 g/mol. The van der Waals surface area contributed by atoms with E-state index < -0.39 is 0 Å². The highest BCUT2D eigenvalue weighted by atomic mass is 35.5. The molecule has 0 spiro atoms. The summed E-state index contributed by atoms with van der Waals surface area (Å²) in [4.78, 5) is 27.8. The van der Waals surface area contributed by atoms with E-state index in [4.69, 9.17) is 28.5 Å². The average molecular weight is 322 g/mol. The summed E-state index contributed by atoms with van der Waals surface area (Å²) in [5.41, 5.74) is 0.614. The van der Waals surface area contributed by atoms with Crippen LogP contribution in [0.25, 0.3) is 0 Å². The van der Waals surface area contributed by atoms with Crippen LogP contribution in [0.2, 0.25) is 5.15 Å². The number of aryl methyl sites for hydroxylation is 1. The van der Waals surface area contributed by atoms with Crippen molar-refractivity contribution < 1.29 is 14.7 Å². The lowest BCUT2D eigenvalue weighted by molar-refractivity contribution is -0.132. The van der Waals surface area contributed by atoms with Crippen molar-refractivity contribution in [1.82, 2.24) is 14.4 Å². The molecule has 8 heteroatoms. The highest BCUT2D eigenvalue weighted by molar-refractivity contribution is 6.32. The van der Waals surface area contributed by atoms with Gasteiger partial charge in [-0.05, 0) is 6.42 Å². The van der Waals surface area contributed by atoms with Crippen molar-refractivity contribution in [3.05, 3.63) is 16.7 Å². The molecular formula is C12H17Cl2N3O3. The normalized spacial score (nSPS) is 14.5. The van der Waals surface area contributed by atoms with Crippen LogP contribution in [0.5, 0.6) is 0 Å². The number of aliphatic hydroxyl groups is 1. The Hall–Kier alpha value is -1.11. The van der Waals surface area contributed by atoms with Gasteiger partial charge in [0.1, 0.15) is 5.82 Å². The summed E-state index contributed by atoms with van der Waals surface area (Å²) in [5.74, 6) is 0.277. The topological polar surface area (TPSA) is 86.3 Å². The third-order valence-corrected chi connectivity index (χ3v) is 3.38. The van der Waals surface area contributed by atoms with Crippen molar-refractivity contribution in [2.24, 2.45) is 0 Å². The van der Waals surface area contributed by atoms with Gasteiger partial charge in [0.25, 0.3) is 0 Å². The monoisotopic (exact) mass is 321 g/mol. The molecule has 0 atom stereocenters. The third-order valence-electron chi connectivity index (χ3n) is 2.69. The molecule has 1 aromatic heterocycles. The fourth-order valence-corrected chi connectivity index (χ4v) is 1.93. The Bertz CT molecular complexity index is 461. The molecule has 1 saturated heterocycles. The number of nitrogens with one attached hydrogen (secondary N) is 1. The van der Waals surface area contributed by atoms with Gasteiger partial charge >= 0.3 is 0 Å². The summed E-state index contributed by atoms with van der Waals surface area (Å²) in [6.45, 7) is 2.05. The summed E-state index contributed by atoms with van der Waals surface area (Å²) >= 11 is 10.9. The van der Waals surface area contributed by atoms with Crippen LogP contribution in [0.4, 0.5) is 0 Å². The van der Waals surface area contributed by atoms with Crippen molar-refractivity contribution in [1.29, 1.82) is 0 Å². The minimum atomic E-state index is -0.295. The molecule has 2 heterocycles. The number of rotatable bonds is 4. The SMILES string of the molecule is CCCCc1nc(Cl)c(CO)[nH]1.O=C1CCC(=O)N1Cl. The Morgan fingerprint density at radius 1 is 1.35 bits per heavy atom. The van der Waals surface area contributed by atoms with Crippen LogP contribution in [0, 0.1) is 0 Å². The smallest absolute Gasteiger partial charge is 0.244 e. The first kappa shape index (κ1) is 16.9. The van der Waals surface area contributed by atoms with Gasteiger partial charge in [-0.15, -0.1) is 0 Å². The van der Waals surface area contributed by atoms with Crippen molar-refractivity contribution in [3.8, 4) is 0 Å². The molecule has 1 aromatic rings. The predicted octanol–water partition coefficient (Wildman–Crippen LogP) is 2.19. The van der Waals surface area contributed by atoms with E-state index in [1.165, 1.54) is 0 Å². The van der Waals surface area contributed by atoms with Crippen LogP contribution in [-0.4, -0.2) is 31.3 Å². The largest absolute Gasteiger partial charge is 0.390 e. The number of imidazole rings is 1. The molecule has 1 fully saturated rings. The van der Waals surface area contributed by atoms with Crippen LogP contribution >= 0.6 is 23.4 Å². The molecule has 1 aliphatic rings. The molecule has 1 aliphatic heterocycles. The molecule has 0 unspecified atom stereocenters. The molecule has 2 N–H and O–H groups in total. The van der Waals surface area contributed by atoms with Gasteiger partial charge in [0.15, 0.2) is 5.15 Å². The van der Waals surface area contributed by atoms with Gasteiger partial charge in [0.05, 0.1) is 12.3 Å². The maximum atomic E-state index is 10.4. The maximum Gasteiger partial charge on any atom is 0.244 e. The van der Waals surface area contributed by atoms with Gasteiger partial charge < -0.3 is 10.1 Å². The van der Waals surface area contributed by atoms with Crippen LogP contribution in [-0.2, 0) is 22.6 Å². The van der Waals surface area contributed by atoms with Gasteiger partial charge in [0.2, 0.25) is 11.8 Å². The average Bonchev–Trinajstić information content (AvgIpc) is 2.94. The molecule has 0 bridgehead atoms. The third kappa shape index (κ3) is 4.77. The Balaban J connectivity index is 0.000000217. The first-order chi connectivity index (χ1) is 9.49. The minimum Gasteiger partial charge on any atom is -0.390 e. The number of aromatic nitrogens is 2. The molecule has 0 saturated carbocycles.